The minimum atomic E-state index is -0.477. The summed E-state index contributed by atoms with van der Waals surface area (Å²) in [7, 11) is 2.89. The van der Waals surface area contributed by atoms with Crippen molar-refractivity contribution in [1.82, 2.24) is 0 Å². The maximum Gasteiger partial charge on any atom is 0.392 e. The molecule has 0 fully saturated rings. The van der Waals surface area contributed by atoms with Gasteiger partial charge in [0.2, 0.25) is 5.71 Å². The lowest BCUT2D eigenvalue weighted by Crippen LogP contribution is -2.26. The Morgan fingerprint density at radius 2 is 1.65 bits per heavy atom. The maximum atomic E-state index is 12.6. The third-order valence-corrected chi connectivity index (χ3v) is 3.12. The number of carbonyl (C=O) groups is 1. The molecule has 0 saturated heterocycles. The van der Waals surface area contributed by atoms with E-state index in [9.17, 15) is 10.3 Å². The molecule has 0 aliphatic carbocycles. The summed E-state index contributed by atoms with van der Waals surface area (Å²) in [4.78, 5) is 20.5. The standard InChI is InChI=1S/C17H15N3O3/c1-22-14-10-8-13(9-11-14)17(21)16(19-18)15(20-23-2)12-6-4-3-5-7-12/h3-11H,1-2H3/b20-15-. The van der Waals surface area contributed by atoms with Crippen LogP contribution >= 0.6 is 0 Å². The molecule has 0 aliphatic rings. The fourth-order valence-corrected chi connectivity index (χ4v) is 2.00. The molecule has 0 aromatic heterocycles. The van der Waals surface area contributed by atoms with Gasteiger partial charge in [-0.2, -0.15) is 4.79 Å². The molecule has 0 aliphatic heterocycles. The van der Waals surface area contributed by atoms with Crippen LogP contribution in [0.25, 0.3) is 5.53 Å². The molecular formula is C17H15N3O3. The Balaban J connectivity index is 2.42. The highest BCUT2D eigenvalue weighted by molar-refractivity contribution is 6.71. The number of hydrogen-bond acceptors (Lipinski definition) is 4. The quantitative estimate of drug-likeness (QED) is 0.270. The zero-order chi connectivity index (χ0) is 16.7. The summed E-state index contributed by atoms with van der Waals surface area (Å²) in [5.74, 6) is 0.146. The van der Waals surface area contributed by atoms with E-state index < -0.39 is 5.78 Å². The Bertz CT molecular complexity index is 761. The minimum Gasteiger partial charge on any atom is -0.497 e. The molecule has 0 unspecified atom stereocenters. The van der Waals surface area contributed by atoms with Crippen molar-refractivity contribution in [3.63, 3.8) is 0 Å². The van der Waals surface area contributed by atoms with Crippen LogP contribution in [0.3, 0.4) is 0 Å². The molecule has 2 rings (SSSR count). The van der Waals surface area contributed by atoms with Crippen molar-refractivity contribution in [3.8, 4) is 5.75 Å². The van der Waals surface area contributed by atoms with E-state index in [2.05, 4.69) is 9.95 Å². The molecule has 0 amide bonds. The van der Waals surface area contributed by atoms with E-state index in [1.54, 1.807) is 48.5 Å². The van der Waals surface area contributed by atoms with Crippen molar-refractivity contribution in [2.45, 2.75) is 0 Å². The van der Waals surface area contributed by atoms with Crippen molar-refractivity contribution in [3.05, 3.63) is 71.3 Å². The average molecular weight is 309 g/mol. The fourth-order valence-electron chi connectivity index (χ4n) is 2.00. The van der Waals surface area contributed by atoms with E-state index in [1.165, 1.54) is 14.2 Å². The lowest BCUT2D eigenvalue weighted by Gasteiger charge is -2.03. The van der Waals surface area contributed by atoms with E-state index in [1.807, 2.05) is 6.07 Å². The van der Waals surface area contributed by atoms with Gasteiger partial charge in [0.1, 0.15) is 12.9 Å². The van der Waals surface area contributed by atoms with Crippen molar-refractivity contribution < 1.29 is 19.2 Å². The first-order chi connectivity index (χ1) is 11.2. The molecule has 0 atom stereocenters. The fraction of sp³-hybridized carbons (Fsp3) is 0.118. The molecule has 0 spiro atoms. The molecule has 6 heteroatoms. The van der Waals surface area contributed by atoms with Gasteiger partial charge in [-0.25, -0.2) is 0 Å². The van der Waals surface area contributed by atoms with E-state index in [-0.39, 0.29) is 11.4 Å². The molecule has 2 aromatic rings. The molecule has 0 saturated carbocycles. The first-order valence-electron chi connectivity index (χ1n) is 6.79. The van der Waals surface area contributed by atoms with Crippen LogP contribution in [0.4, 0.5) is 0 Å². The highest BCUT2D eigenvalue weighted by atomic mass is 16.6. The number of nitrogens with zero attached hydrogens (tertiary/aromatic N) is 3. The molecule has 0 bridgehead atoms. The van der Waals surface area contributed by atoms with E-state index >= 15 is 0 Å². The van der Waals surface area contributed by atoms with Crippen LogP contribution in [0.1, 0.15) is 15.9 Å². The summed E-state index contributed by atoms with van der Waals surface area (Å²) >= 11 is 0. The van der Waals surface area contributed by atoms with Gasteiger partial charge in [0, 0.05) is 11.1 Å². The highest BCUT2D eigenvalue weighted by Gasteiger charge is 2.30. The van der Waals surface area contributed by atoms with Gasteiger partial charge in [-0.15, -0.1) is 0 Å². The Hall–Kier alpha value is -3.24. The Kier molecular flexibility index (Phi) is 5.39. The summed E-state index contributed by atoms with van der Waals surface area (Å²) < 4.78 is 5.06. The zero-order valence-corrected chi connectivity index (χ0v) is 12.8. The van der Waals surface area contributed by atoms with Gasteiger partial charge >= 0.3 is 5.71 Å². The van der Waals surface area contributed by atoms with E-state index in [0.29, 0.717) is 16.9 Å². The summed E-state index contributed by atoms with van der Waals surface area (Å²) in [5, 5.41) is 3.83. The van der Waals surface area contributed by atoms with Crippen LogP contribution < -0.4 is 4.74 Å². The van der Waals surface area contributed by atoms with Crippen molar-refractivity contribution in [2.75, 3.05) is 14.2 Å². The topological polar surface area (TPSA) is 84.3 Å². The van der Waals surface area contributed by atoms with E-state index in [0.717, 1.165) is 0 Å². The number of Topliss-reactive ketones (excluding diaryl/α,β-unsaturated/α-hetero) is 1. The molecule has 0 radical (unpaired) electrons. The number of methoxy groups -OCH3 is 1. The first-order valence-corrected chi connectivity index (χ1v) is 6.79. The highest BCUT2D eigenvalue weighted by Crippen LogP contribution is 2.13. The van der Waals surface area contributed by atoms with Gasteiger partial charge in [-0.3, -0.25) is 4.79 Å². The first kappa shape index (κ1) is 16.1. The Labute approximate surface area is 133 Å². The number of benzene rings is 2. The van der Waals surface area contributed by atoms with Gasteiger partial charge in [0.25, 0.3) is 5.78 Å². The summed E-state index contributed by atoms with van der Waals surface area (Å²) in [6, 6.07) is 15.4. The third-order valence-electron chi connectivity index (χ3n) is 3.12. The van der Waals surface area contributed by atoms with E-state index in [4.69, 9.17) is 9.57 Å². The number of rotatable bonds is 6. The van der Waals surface area contributed by atoms with Gasteiger partial charge in [0.05, 0.1) is 7.11 Å². The van der Waals surface area contributed by atoms with Crippen LogP contribution in [-0.2, 0) is 4.84 Å². The van der Waals surface area contributed by atoms with Crippen LogP contribution in [-0.4, -0.2) is 36.2 Å². The van der Waals surface area contributed by atoms with Crippen LogP contribution in [0.2, 0.25) is 0 Å². The van der Waals surface area contributed by atoms with Crippen LogP contribution in [0.15, 0.2) is 59.8 Å². The number of ether oxygens (including phenoxy) is 1. The average Bonchev–Trinajstić information content (AvgIpc) is 2.62. The number of ketones is 1. The number of carbonyl (C=O) groups excluding carboxylic acids is 1. The van der Waals surface area contributed by atoms with Gasteiger partial charge in [0.15, 0.2) is 0 Å². The second kappa shape index (κ2) is 7.68. The molecule has 23 heavy (non-hydrogen) atoms. The lowest BCUT2D eigenvalue weighted by molar-refractivity contribution is -0.00292. The lowest BCUT2D eigenvalue weighted by atomic mass is 9.99. The third kappa shape index (κ3) is 3.70. The second-order valence-corrected chi connectivity index (χ2v) is 4.49. The molecule has 0 N–H and O–H groups in total. The van der Waals surface area contributed by atoms with Gasteiger partial charge < -0.3 is 15.1 Å². The van der Waals surface area contributed by atoms with Gasteiger partial charge in [-0.1, -0.05) is 35.5 Å². The monoisotopic (exact) mass is 309 g/mol. The van der Waals surface area contributed by atoms with Crippen molar-refractivity contribution >= 4 is 17.2 Å². The minimum absolute atomic E-state index is 0.149. The largest absolute Gasteiger partial charge is 0.497 e. The SMILES string of the molecule is CO/N=C(\C(=[N+]=[N-])C(=O)c1ccc(OC)cc1)c1ccccc1. The number of hydrogen-bond donors (Lipinski definition) is 0. The van der Waals surface area contributed by atoms with Gasteiger partial charge in [-0.05, 0) is 24.3 Å². The predicted molar refractivity (Wildman–Crippen MR) is 85.9 cm³/mol. The predicted octanol–water partition coefficient (Wildman–Crippen LogP) is 2.60. The molecule has 6 nitrogen and oxygen atoms in total. The van der Waals surface area contributed by atoms with Crippen LogP contribution in [0, 0.1) is 0 Å². The maximum absolute atomic E-state index is 12.6. The summed E-state index contributed by atoms with van der Waals surface area (Å²) in [6.45, 7) is 0. The second-order valence-electron chi connectivity index (χ2n) is 4.49. The van der Waals surface area contributed by atoms with Crippen LogP contribution in [0.5, 0.6) is 5.75 Å². The summed E-state index contributed by atoms with van der Waals surface area (Å²) in [5.41, 5.74) is 10.2. The smallest absolute Gasteiger partial charge is 0.392 e. The Morgan fingerprint density at radius 1 is 1.00 bits per heavy atom. The molecule has 0 heterocycles. The molecular weight excluding hydrogens is 294 g/mol. The molecule has 116 valence electrons. The van der Waals surface area contributed by atoms with Crippen molar-refractivity contribution in [2.24, 2.45) is 5.16 Å². The summed E-state index contributed by atoms with van der Waals surface area (Å²) in [6.07, 6.45) is 0. The van der Waals surface area contributed by atoms with Crippen molar-refractivity contribution in [1.29, 1.82) is 0 Å². The molecule has 2 aromatic carbocycles. The number of oxime groups is 1. The Morgan fingerprint density at radius 3 is 2.17 bits per heavy atom. The normalized spacial score (nSPS) is 10.6. The zero-order valence-electron chi connectivity index (χ0n) is 12.8.